The zero-order valence-corrected chi connectivity index (χ0v) is 9.06. The summed E-state index contributed by atoms with van der Waals surface area (Å²) in [5, 5.41) is 3.43. The molecule has 0 spiro atoms. The summed E-state index contributed by atoms with van der Waals surface area (Å²) in [6, 6.07) is 0.616. The molecule has 0 amide bonds. The van der Waals surface area contributed by atoms with Gasteiger partial charge < -0.3 is 10.2 Å². The van der Waals surface area contributed by atoms with Gasteiger partial charge in [-0.15, -0.1) is 0 Å². The topological polar surface area (TPSA) is 15.3 Å². The molecule has 2 nitrogen and oxygen atoms in total. The Bertz CT molecular complexity index is 91.8. The Hall–Kier alpha value is -0.0800. The minimum atomic E-state index is 0.616. The highest BCUT2D eigenvalue weighted by Gasteiger charge is 1.99. The molecule has 0 bridgehead atoms. The first kappa shape index (κ1) is 11.9. The fourth-order valence-electron chi connectivity index (χ4n) is 1.26. The van der Waals surface area contributed by atoms with Crippen LogP contribution in [0.5, 0.6) is 0 Å². The van der Waals surface area contributed by atoms with E-state index in [2.05, 4.69) is 37.9 Å². The first-order chi connectivity index (χ1) is 5.70. The summed E-state index contributed by atoms with van der Waals surface area (Å²) in [6.45, 7) is 13.5. The lowest BCUT2D eigenvalue weighted by Crippen LogP contribution is -2.35. The molecule has 0 aliphatic rings. The van der Waals surface area contributed by atoms with Crippen LogP contribution in [0.1, 0.15) is 34.1 Å². The molecule has 0 heterocycles. The first-order valence-corrected chi connectivity index (χ1v) is 5.16. The summed E-state index contributed by atoms with van der Waals surface area (Å²) in [5.74, 6) is 0. The monoisotopic (exact) mass is 172 g/mol. The maximum atomic E-state index is 3.43. The van der Waals surface area contributed by atoms with Crippen molar-refractivity contribution in [3.63, 3.8) is 0 Å². The molecule has 0 aromatic heterocycles. The summed E-state index contributed by atoms with van der Waals surface area (Å²) >= 11 is 0. The molecule has 0 aromatic carbocycles. The van der Waals surface area contributed by atoms with Crippen LogP contribution >= 0.6 is 0 Å². The van der Waals surface area contributed by atoms with Gasteiger partial charge in [-0.1, -0.05) is 27.7 Å². The fraction of sp³-hybridized carbons (Fsp3) is 1.00. The Morgan fingerprint density at radius 3 is 2.25 bits per heavy atom. The lowest BCUT2D eigenvalue weighted by Gasteiger charge is -2.20. The standard InChI is InChI=1S/C10H24N2/c1-5-8-12(6-2)9-7-11-10(3)4/h10-11H,5-9H2,1-4H3. The molecule has 2 heteroatoms. The van der Waals surface area contributed by atoms with Gasteiger partial charge >= 0.3 is 0 Å². The Labute approximate surface area is 77.3 Å². The average Bonchev–Trinajstić information content (AvgIpc) is 2.02. The van der Waals surface area contributed by atoms with Crippen molar-refractivity contribution in [3.8, 4) is 0 Å². The third kappa shape index (κ3) is 6.62. The van der Waals surface area contributed by atoms with Gasteiger partial charge in [0.1, 0.15) is 0 Å². The van der Waals surface area contributed by atoms with Crippen LogP contribution < -0.4 is 5.32 Å². The third-order valence-corrected chi connectivity index (χ3v) is 1.97. The van der Waals surface area contributed by atoms with Gasteiger partial charge in [0.25, 0.3) is 0 Å². The average molecular weight is 172 g/mol. The van der Waals surface area contributed by atoms with Gasteiger partial charge in [0.05, 0.1) is 0 Å². The number of hydrogen-bond donors (Lipinski definition) is 1. The molecule has 74 valence electrons. The van der Waals surface area contributed by atoms with Gasteiger partial charge in [0.15, 0.2) is 0 Å². The van der Waals surface area contributed by atoms with E-state index in [0.29, 0.717) is 6.04 Å². The van der Waals surface area contributed by atoms with Crippen molar-refractivity contribution in [2.45, 2.75) is 40.2 Å². The fourth-order valence-corrected chi connectivity index (χ4v) is 1.26. The van der Waals surface area contributed by atoms with Crippen LogP contribution in [0, 0.1) is 0 Å². The molecular formula is C10H24N2. The maximum Gasteiger partial charge on any atom is 0.0107 e. The summed E-state index contributed by atoms with van der Waals surface area (Å²) in [7, 11) is 0. The second-order valence-electron chi connectivity index (χ2n) is 3.54. The van der Waals surface area contributed by atoms with Crippen molar-refractivity contribution in [3.05, 3.63) is 0 Å². The molecule has 0 rings (SSSR count). The third-order valence-electron chi connectivity index (χ3n) is 1.97. The van der Waals surface area contributed by atoms with E-state index in [1.165, 1.54) is 26.1 Å². The van der Waals surface area contributed by atoms with Gasteiger partial charge in [-0.25, -0.2) is 0 Å². The van der Waals surface area contributed by atoms with Crippen molar-refractivity contribution >= 4 is 0 Å². The molecule has 0 aliphatic carbocycles. The minimum absolute atomic E-state index is 0.616. The maximum absolute atomic E-state index is 3.43. The lowest BCUT2D eigenvalue weighted by atomic mass is 10.3. The number of nitrogens with zero attached hydrogens (tertiary/aromatic N) is 1. The van der Waals surface area contributed by atoms with Crippen LogP contribution in [0.2, 0.25) is 0 Å². The minimum Gasteiger partial charge on any atom is -0.313 e. The first-order valence-electron chi connectivity index (χ1n) is 5.16. The van der Waals surface area contributed by atoms with Gasteiger partial charge in [0, 0.05) is 19.1 Å². The van der Waals surface area contributed by atoms with Crippen molar-refractivity contribution < 1.29 is 0 Å². The molecular weight excluding hydrogens is 148 g/mol. The van der Waals surface area contributed by atoms with Crippen LogP contribution in [0.4, 0.5) is 0 Å². The normalized spacial score (nSPS) is 11.5. The smallest absolute Gasteiger partial charge is 0.0107 e. The molecule has 0 fully saturated rings. The number of likely N-dealkylation sites (N-methyl/N-ethyl adjacent to an activating group) is 1. The van der Waals surface area contributed by atoms with Crippen LogP contribution in [-0.4, -0.2) is 37.1 Å². The van der Waals surface area contributed by atoms with E-state index in [9.17, 15) is 0 Å². The van der Waals surface area contributed by atoms with E-state index in [-0.39, 0.29) is 0 Å². The summed E-state index contributed by atoms with van der Waals surface area (Å²) < 4.78 is 0. The SMILES string of the molecule is CCCN(CC)CCNC(C)C. The Morgan fingerprint density at radius 2 is 1.83 bits per heavy atom. The van der Waals surface area contributed by atoms with Crippen molar-refractivity contribution in [1.82, 2.24) is 10.2 Å². The predicted octanol–water partition coefficient (Wildman–Crippen LogP) is 1.72. The molecule has 0 atom stereocenters. The highest BCUT2D eigenvalue weighted by atomic mass is 15.1. The number of hydrogen-bond acceptors (Lipinski definition) is 2. The summed E-state index contributed by atoms with van der Waals surface area (Å²) in [6.07, 6.45) is 1.26. The lowest BCUT2D eigenvalue weighted by molar-refractivity contribution is 0.284. The van der Waals surface area contributed by atoms with Crippen LogP contribution in [-0.2, 0) is 0 Å². The van der Waals surface area contributed by atoms with E-state index in [4.69, 9.17) is 0 Å². The number of rotatable bonds is 7. The van der Waals surface area contributed by atoms with E-state index in [0.717, 1.165) is 6.54 Å². The van der Waals surface area contributed by atoms with Gasteiger partial charge in [-0.2, -0.15) is 0 Å². The molecule has 12 heavy (non-hydrogen) atoms. The van der Waals surface area contributed by atoms with Gasteiger partial charge in [0.2, 0.25) is 0 Å². The van der Waals surface area contributed by atoms with Crippen LogP contribution in [0.15, 0.2) is 0 Å². The molecule has 0 saturated carbocycles. The summed E-state index contributed by atoms with van der Waals surface area (Å²) in [4.78, 5) is 2.48. The van der Waals surface area contributed by atoms with E-state index in [1.807, 2.05) is 0 Å². The largest absolute Gasteiger partial charge is 0.313 e. The Kier molecular flexibility index (Phi) is 7.51. The van der Waals surface area contributed by atoms with E-state index >= 15 is 0 Å². The zero-order chi connectivity index (χ0) is 9.40. The highest BCUT2D eigenvalue weighted by molar-refractivity contribution is 4.59. The molecule has 0 unspecified atom stereocenters. The van der Waals surface area contributed by atoms with Crippen molar-refractivity contribution in [2.75, 3.05) is 26.2 Å². The second-order valence-corrected chi connectivity index (χ2v) is 3.54. The molecule has 0 saturated heterocycles. The zero-order valence-electron chi connectivity index (χ0n) is 9.06. The van der Waals surface area contributed by atoms with Crippen LogP contribution in [0.3, 0.4) is 0 Å². The summed E-state index contributed by atoms with van der Waals surface area (Å²) in [5.41, 5.74) is 0. The molecule has 0 aromatic rings. The quantitative estimate of drug-likeness (QED) is 0.629. The predicted molar refractivity (Wildman–Crippen MR) is 55.5 cm³/mol. The van der Waals surface area contributed by atoms with Gasteiger partial charge in [-0.05, 0) is 19.5 Å². The highest BCUT2D eigenvalue weighted by Crippen LogP contribution is 1.89. The Balaban J connectivity index is 3.31. The van der Waals surface area contributed by atoms with E-state index < -0.39 is 0 Å². The second kappa shape index (κ2) is 7.56. The molecule has 0 radical (unpaired) electrons. The van der Waals surface area contributed by atoms with Crippen molar-refractivity contribution in [2.24, 2.45) is 0 Å². The van der Waals surface area contributed by atoms with Crippen LogP contribution in [0.25, 0.3) is 0 Å². The van der Waals surface area contributed by atoms with Crippen molar-refractivity contribution in [1.29, 1.82) is 0 Å². The number of nitrogens with one attached hydrogen (secondary N) is 1. The molecule has 1 N–H and O–H groups in total. The Morgan fingerprint density at radius 1 is 1.17 bits per heavy atom. The molecule has 0 aliphatic heterocycles. The van der Waals surface area contributed by atoms with Gasteiger partial charge in [-0.3, -0.25) is 0 Å². The van der Waals surface area contributed by atoms with E-state index in [1.54, 1.807) is 0 Å².